The van der Waals surface area contributed by atoms with Gasteiger partial charge >= 0.3 is 11.6 Å². The number of nitrogens with zero attached hydrogens (tertiary/aromatic N) is 1. The number of benzene rings is 1. The van der Waals surface area contributed by atoms with Crippen LogP contribution in [0.15, 0.2) is 27.4 Å². The first kappa shape index (κ1) is 15.1. The van der Waals surface area contributed by atoms with Crippen molar-refractivity contribution in [3.05, 3.63) is 39.7 Å². The van der Waals surface area contributed by atoms with E-state index in [1.807, 2.05) is 6.07 Å². The minimum atomic E-state index is -0.816. The molecule has 0 saturated carbocycles. The first-order chi connectivity index (χ1) is 11.1. The summed E-state index contributed by atoms with van der Waals surface area (Å²) in [6, 6.07) is 6.95. The van der Waals surface area contributed by atoms with E-state index in [1.165, 1.54) is 6.92 Å². The largest absolute Gasteiger partial charge is 0.482 e. The molecular weight excluding hydrogens is 298 g/mol. The van der Waals surface area contributed by atoms with Crippen LogP contribution in [0.2, 0.25) is 0 Å². The molecule has 23 heavy (non-hydrogen) atoms. The highest BCUT2D eigenvalue weighted by molar-refractivity contribution is 5.83. The van der Waals surface area contributed by atoms with E-state index in [0.717, 1.165) is 35.8 Å². The molecule has 6 heteroatoms. The van der Waals surface area contributed by atoms with Crippen LogP contribution in [0.5, 0.6) is 5.75 Å². The van der Waals surface area contributed by atoms with Crippen molar-refractivity contribution in [2.45, 2.75) is 32.3 Å². The molecule has 2 aromatic rings. The van der Waals surface area contributed by atoms with Gasteiger partial charge in [0.05, 0.1) is 0 Å². The quantitative estimate of drug-likeness (QED) is 0.634. The maximum absolute atomic E-state index is 11.9. The maximum Gasteiger partial charge on any atom is 0.345 e. The third-order valence-electron chi connectivity index (χ3n) is 3.79. The predicted octanol–water partition coefficient (Wildman–Crippen LogP) is 2.12. The molecule has 1 atom stereocenters. The van der Waals surface area contributed by atoms with Crippen molar-refractivity contribution in [3.63, 3.8) is 0 Å². The summed E-state index contributed by atoms with van der Waals surface area (Å²) in [4.78, 5) is 23.4. The zero-order valence-electron chi connectivity index (χ0n) is 12.6. The summed E-state index contributed by atoms with van der Waals surface area (Å²) in [6.45, 7) is 1.16. The average Bonchev–Trinajstić information content (AvgIpc) is 3.03. The van der Waals surface area contributed by atoms with E-state index < -0.39 is 12.1 Å². The van der Waals surface area contributed by atoms with Crippen molar-refractivity contribution in [2.24, 2.45) is 0 Å². The number of carbonyl (C=O) groups excluding carboxylic acids is 1. The lowest BCUT2D eigenvalue weighted by Crippen LogP contribution is -2.19. The van der Waals surface area contributed by atoms with Crippen LogP contribution in [0.1, 0.15) is 24.5 Å². The zero-order chi connectivity index (χ0) is 16.4. The van der Waals surface area contributed by atoms with Crippen molar-refractivity contribution in [3.8, 4) is 11.8 Å². The second kappa shape index (κ2) is 6.13. The number of hydrogen-bond acceptors (Lipinski definition) is 6. The van der Waals surface area contributed by atoms with Gasteiger partial charge in [0.25, 0.3) is 0 Å². The second-order valence-corrected chi connectivity index (χ2v) is 5.41. The van der Waals surface area contributed by atoms with E-state index in [-0.39, 0.29) is 12.2 Å². The van der Waals surface area contributed by atoms with Crippen LogP contribution in [0.25, 0.3) is 11.0 Å². The Morgan fingerprint density at radius 2 is 2.17 bits per heavy atom. The number of esters is 1. The van der Waals surface area contributed by atoms with Gasteiger partial charge in [0, 0.05) is 17.0 Å². The molecule has 0 N–H and O–H groups in total. The Kier molecular flexibility index (Phi) is 4.02. The van der Waals surface area contributed by atoms with Crippen molar-refractivity contribution >= 4 is 16.9 Å². The summed E-state index contributed by atoms with van der Waals surface area (Å²) in [5.74, 6) is -0.227. The fourth-order valence-electron chi connectivity index (χ4n) is 2.75. The number of hydrogen-bond donors (Lipinski definition) is 0. The average molecular weight is 313 g/mol. The molecule has 0 fully saturated rings. The van der Waals surface area contributed by atoms with Crippen molar-refractivity contribution in [1.29, 1.82) is 5.26 Å². The second-order valence-electron chi connectivity index (χ2n) is 5.41. The topological polar surface area (TPSA) is 89.5 Å². The Balaban J connectivity index is 1.79. The van der Waals surface area contributed by atoms with Crippen LogP contribution in [-0.4, -0.2) is 18.7 Å². The third kappa shape index (κ3) is 3.04. The smallest absolute Gasteiger partial charge is 0.345 e. The minimum Gasteiger partial charge on any atom is -0.482 e. The van der Waals surface area contributed by atoms with Gasteiger partial charge in [-0.2, -0.15) is 5.26 Å². The van der Waals surface area contributed by atoms with Gasteiger partial charge in [-0.15, -0.1) is 0 Å². The first-order valence-electron chi connectivity index (χ1n) is 7.39. The van der Waals surface area contributed by atoms with Crippen LogP contribution in [0.4, 0.5) is 0 Å². The number of fused-ring (bicyclic) bond motifs is 3. The highest BCUT2D eigenvalue weighted by Gasteiger charge is 2.19. The Labute approximate surface area is 132 Å². The van der Waals surface area contributed by atoms with Gasteiger partial charge in [0.1, 0.15) is 17.4 Å². The van der Waals surface area contributed by atoms with Gasteiger partial charge in [-0.1, -0.05) is 0 Å². The van der Waals surface area contributed by atoms with E-state index in [0.29, 0.717) is 11.3 Å². The minimum absolute atomic E-state index is 0.301. The number of rotatable bonds is 4. The Hall–Kier alpha value is -2.81. The summed E-state index contributed by atoms with van der Waals surface area (Å²) in [5.41, 5.74) is 1.96. The molecule has 0 unspecified atom stereocenters. The first-order valence-corrected chi connectivity index (χ1v) is 7.39. The van der Waals surface area contributed by atoms with Gasteiger partial charge in [-0.3, -0.25) is 0 Å². The highest BCUT2D eigenvalue weighted by atomic mass is 16.6. The SMILES string of the molecule is C[C@@H](C#N)OC(=O)COc1ccc2c3c(c(=O)oc2c1)CCC3. The fraction of sp³-hybridized carbons (Fsp3) is 0.353. The normalized spacial score (nSPS) is 14.1. The summed E-state index contributed by atoms with van der Waals surface area (Å²) >= 11 is 0. The molecule has 0 saturated heterocycles. The molecule has 1 heterocycles. The lowest BCUT2D eigenvalue weighted by Gasteiger charge is -2.09. The molecule has 1 aliphatic rings. The van der Waals surface area contributed by atoms with Gasteiger partial charge in [0.2, 0.25) is 0 Å². The molecule has 0 bridgehead atoms. The van der Waals surface area contributed by atoms with Crippen molar-refractivity contribution < 1.29 is 18.7 Å². The van der Waals surface area contributed by atoms with Crippen molar-refractivity contribution in [1.82, 2.24) is 0 Å². The molecule has 118 valence electrons. The summed E-state index contributed by atoms with van der Waals surface area (Å²) in [7, 11) is 0. The number of carbonyl (C=O) groups is 1. The van der Waals surface area contributed by atoms with E-state index >= 15 is 0 Å². The van der Waals surface area contributed by atoms with E-state index in [4.69, 9.17) is 19.2 Å². The van der Waals surface area contributed by atoms with Crippen LogP contribution in [0, 0.1) is 11.3 Å². The lowest BCUT2D eigenvalue weighted by atomic mass is 10.1. The van der Waals surface area contributed by atoms with Crippen molar-refractivity contribution in [2.75, 3.05) is 6.61 Å². The summed E-state index contributed by atoms with van der Waals surface area (Å²) < 4.78 is 15.5. The molecule has 6 nitrogen and oxygen atoms in total. The molecule has 1 aromatic carbocycles. The van der Waals surface area contributed by atoms with Crippen LogP contribution < -0.4 is 10.4 Å². The van der Waals surface area contributed by atoms with E-state index in [1.54, 1.807) is 18.2 Å². The monoisotopic (exact) mass is 313 g/mol. The van der Waals surface area contributed by atoms with Crippen LogP contribution in [-0.2, 0) is 22.4 Å². The Morgan fingerprint density at radius 1 is 1.39 bits per heavy atom. The third-order valence-corrected chi connectivity index (χ3v) is 3.79. The lowest BCUT2D eigenvalue weighted by molar-refractivity contribution is -0.148. The summed E-state index contributed by atoms with van der Waals surface area (Å²) in [5, 5.41) is 9.49. The predicted molar refractivity (Wildman–Crippen MR) is 81.2 cm³/mol. The van der Waals surface area contributed by atoms with Gasteiger partial charge in [-0.25, -0.2) is 9.59 Å². The van der Waals surface area contributed by atoms with E-state index in [9.17, 15) is 9.59 Å². The van der Waals surface area contributed by atoms with E-state index in [2.05, 4.69) is 0 Å². The van der Waals surface area contributed by atoms with Crippen LogP contribution >= 0.6 is 0 Å². The molecule has 3 rings (SSSR count). The maximum atomic E-state index is 11.9. The molecule has 0 radical (unpaired) electrons. The standard InChI is InChI=1S/C17H15NO5/c1-10(8-18)22-16(19)9-21-11-5-6-13-12-3-2-4-14(12)17(20)23-15(13)7-11/h5-7,10H,2-4,9H2,1H3/t10-/m0/s1. The fourth-order valence-corrected chi connectivity index (χ4v) is 2.75. The van der Waals surface area contributed by atoms with Gasteiger partial charge in [-0.05, 0) is 43.9 Å². The highest BCUT2D eigenvalue weighted by Crippen LogP contribution is 2.29. The molecule has 0 spiro atoms. The Bertz CT molecular complexity index is 862. The summed E-state index contributed by atoms with van der Waals surface area (Å²) in [6.07, 6.45) is 1.77. The number of aryl methyl sites for hydroxylation is 1. The molecule has 1 aromatic heterocycles. The molecule has 1 aliphatic carbocycles. The zero-order valence-corrected chi connectivity index (χ0v) is 12.6. The van der Waals surface area contributed by atoms with Gasteiger partial charge in [0.15, 0.2) is 12.7 Å². The van der Waals surface area contributed by atoms with Gasteiger partial charge < -0.3 is 13.9 Å². The molecule has 0 aliphatic heterocycles. The molecule has 0 amide bonds. The van der Waals surface area contributed by atoms with Crippen LogP contribution in [0.3, 0.4) is 0 Å². The Morgan fingerprint density at radius 3 is 2.96 bits per heavy atom. The number of ether oxygens (including phenoxy) is 2. The number of nitriles is 1. The molecular formula is C17H15NO5.